The molecule has 6 nitrogen and oxygen atoms in total. The zero-order valence-corrected chi connectivity index (χ0v) is 19.0. The minimum absolute atomic E-state index is 0.00421. The van der Waals surface area contributed by atoms with Gasteiger partial charge in [-0.3, -0.25) is 14.6 Å². The molecule has 5 rings (SSSR count). The molecule has 0 spiro atoms. The van der Waals surface area contributed by atoms with E-state index in [1.165, 1.54) is 25.7 Å². The summed E-state index contributed by atoms with van der Waals surface area (Å²) in [4.78, 5) is 32.6. The molecule has 0 saturated heterocycles. The Kier molecular flexibility index (Phi) is 6.38. The molecule has 1 aliphatic carbocycles. The topological polar surface area (TPSA) is 86.9 Å². The maximum atomic E-state index is 12.8. The number of benzene rings is 2. The van der Waals surface area contributed by atoms with Gasteiger partial charge in [-0.1, -0.05) is 43.9 Å². The number of anilines is 1. The summed E-state index contributed by atoms with van der Waals surface area (Å²) in [6.07, 6.45) is 8.65. The van der Waals surface area contributed by atoms with Crippen LogP contribution in [0.2, 0.25) is 0 Å². The second-order valence-electron chi connectivity index (χ2n) is 8.89. The fourth-order valence-corrected chi connectivity index (χ4v) is 4.55. The first kappa shape index (κ1) is 21.9. The van der Waals surface area contributed by atoms with Crippen LogP contribution in [0.4, 0.5) is 5.69 Å². The summed E-state index contributed by atoms with van der Waals surface area (Å²) in [5.74, 6) is -0.238. The quantitative estimate of drug-likeness (QED) is 0.328. The van der Waals surface area contributed by atoms with Crippen molar-refractivity contribution in [2.24, 2.45) is 0 Å². The van der Waals surface area contributed by atoms with Crippen LogP contribution in [0, 0.1) is 0 Å². The zero-order chi connectivity index (χ0) is 23.3. The first-order chi connectivity index (χ1) is 16.7. The van der Waals surface area contributed by atoms with E-state index in [1.54, 1.807) is 24.4 Å². The fourth-order valence-electron chi connectivity index (χ4n) is 4.55. The van der Waals surface area contributed by atoms with Gasteiger partial charge in [0.1, 0.15) is 5.69 Å². The summed E-state index contributed by atoms with van der Waals surface area (Å²) < 4.78 is 0. The molecule has 6 heteroatoms. The molecule has 0 atom stereocenters. The summed E-state index contributed by atoms with van der Waals surface area (Å²) in [5.41, 5.74) is 4.70. The van der Waals surface area contributed by atoms with E-state index in [2.05, 4.69) is 26.7 Å². The predicted octanol–water partition coefficient (Wildman–Crippen LogP) is 5.93. The number of hydrogen-bond acceptors (Lipinski definition) is 3. The summed E-state index contributed by atoms with van der Waals surface area (Å²) in [6.45, 7) is 0. The molecule has 3 N–H and O–H groups in total. The van der Waals surface area contributed by atoms with Gasteiger partial charge in [0.25, 0.3) is 11.8 Å². The van der Waals surface area contributed by atoms with Crippen LogP contribution in [0.15, 0.2) is 72.9 Å². The average Bonchev–Trinajstić information content (AvgIpc) is 3.13. The van der Waals surface area contributed by atoms with Crippen molar-refractivity contribution in [2.45, 2.75) is 44.6 Å². The number of aromatic nitrogens is 2. The zero-order valence-electron chi connectivity index (χ0n) is 19.0. The van der Waals surface area contributed by atoms with E-state index in [-0.39, 0.29) is 17.9 Å². The smallest absolute Gasteiger partial charge is 0.274 e. The largest absolute Gasteiger partial charge is 0.355 e. The number of pyridine rings is 1. The number of rotatable bonds is 5. The highest BCUT2D eigenvalue weighted by atomic mass is 16.2. The molecule has 0 aliphatic heterocycles. The molecule has 172 valence electrons. The molecule has 0 radical (unpaired) electrons. The molecule has 2 amide bonds. The van der Waals surface area contributed by atoms with Crippen LogP contribution in [0.25, 0.3) is 22.2 Å². The Balaban J connectivity index is 1.28. The second kappa shape index (κ2) is 9.91. The Hall–Kier alpha value is -3.93. The minimum atomic E-state index is -0.242. The molecule has 2 aromatic carbocycles. The van der Waals surface area contributed by atoms with Crippen molar-refractivity contribution in [3.63, 3.8) is 0 Å². The van der Waals surface area contributed by atoms with Crippen LogP contribution >= 0.6 is 0 Å². The highest BCUT2D eigenvalue weighted by molar-refractivity contribution is 6.03. The lowest BCUT2D eigenvalue weighted by atomic mass is 10.1. The molecule has 0 bridgehead atoms. The summed E-state index contributed by atoms with van der Waals surface area (Å²) in [7, 11) is 0. The average molecular weight is 453 g/mol. The monoisotopic (exact) mass is 452 g/mol. The van der Waals surface area contributed by atoms with Crippen LogP contribution in [-0.2, 0) is 0 Å². The molecule has 34 heavy (non-hydrogen) atoms. The highest BCUT2D eigenvalue weighted by Gasteiger charge is 2.16. The molecule has 4 aromatic rings. The molecular formula is C28H28N4O2. The number of aromatic amines is 1. The lowest BCUT2D eigenvalue weighted by Gasteiger charge is -2.16. The number of fused-ring (bicyclic) bond motifs is 1. The van der Waals surface area contributed by atoms with Crippen molar-refractivity contribution in [2.75, 3.05) is 5.32 Å². The van der Waals surface area contributed by atoms with E-state index in [1.807, 2.05) is 42.5 Å². The van der Waals surface area contributed by atoms with Crippen molar-refractivity contribution in [3.05, 3.63) is 84.2 Å². The van der Waals surface area contributed by atoms with Gasteiger partial charge in [-0.05, 0) is 66.9 Å². The number of nitrogens with one attached hydrogen (secondary N) is 3. The van der Waals surface area contributed by atoms with Crippen LogP contribution < -0.4 is 10.6 Å². The summed E-state index contributed by atoms with van der Waals surface area (Å²) in [6, 6.07) is 21.0. The fraction of sp³-hybridized carbons (Fsp3) is 0.250. The number of carbonyl (C=O) groups excluding carboxylic acids is 2. The Bertz CT molecular complexity index is 1290. The molecule has 1 aliphatic rings. The molecule has 2 heterocycles. The Morgan fingerprint density at radius 2 is 1.65 bits per heavy atom. The molecule has 1 saturated carbocycles. The van der Waals surface area contributed by atoms with E-state index in [0.29, 0.717) is 16.9 Å². The lowest BCUT2D eigenvalue weighted by molar-refractivity contribution is 0.0932. The standard InChI is InChI=1S/C28H28N4O2/c33-27(30-22-7-3-1-2-4-8-22)20-12-15-24-21(17-20)18-26(32-24)19-10-13-23(14-11-19)31-28(34)25-9-5-6-16-29-25/h5-6,9-18,22,32H,1-4,7-8H2,(H,30,33)(H,31,34). The van der Waals surface area contributed by atoms with E-state index >= 15 is 0 Å². The number of carbonyl (C=O) groups is 2. The third-order valence-electron chi connectivity index (χ3n) is 6.42. The van der Waals surface area contributed by atoms with E-state index < -0.39 is 0 Å². The van der Waals surface area contributed by atoms with Gasteiger partial charge in [-0.25, -0.2) is 0 Å². The number of H-pyrrole nitrogens is 1. The van der Waals surface area contributed by atoms with Crippen LogP contribution in [0.1, 0.15) is 59.4 Å². The van der Waals surface area contributed by atoms with Crippen molar-refractivity contribution in [3.8, 4) is 11.3 Å². The van der Waals surface area contributed by atoms with Gasteiger partial charge < -0.3 is 15.6 Å². The van der Waals surface area contributed by atoms with Crippen molar-refractivity contribution < 1.29 is 9.59 Å². The SMILES string of the molecule is O=C(NC1CCCCCC1)c1ccc2[nH]c(-c3ccc(NC(=O)c4ccccn4)cc3)cc2c1. The maximum Gasteiger partial charge on any atom is 0.274 e. The summed E-state index contributed by atoms with van der Waals surface area (Å²) >= 11 is 0. The van der Waals surface area contributed by atoms with Crippen molar-refractivity contribution >= 4 is 28.4 Å². The van der Waals surface area contributed by atoms with Gasteiger partial charge in [0.15, 0.2) is 0 Å². The Morgan fingerprint density at radius 3 is 2.38 bits per heavy atom. The first-order valence-electron chi connectivity index (χ1n) is 11.9. The third-order valence-corrected chi connectivity index (χ3v) is 6.42. The normalized spacial score (nSPS) is 14.5. The number of nitrogens with zero attached hydrogens (tertiary/aromatic N) is 1. The number of hydrogen-bond donors (Lipinski definition) is 3. The van der Waals surface area contributed by atoms with Crippen molar-refractivity contribution in [1.82, 2.24) is 15.3 Å². The van der Waals surface area contributed by atoms with Crippen LogP contribution in [0.5, 0.6) is 0 Å². The minimum Gasteiger partial charge on any atom is -0.355 e. The first-order valence-corrected chi connectivity index (χ1v) is 11.9. The highest BCUT2D eigenvalue weighted by Crippen LogP contribution is 2.26. The van der Waals surface area contributed by atoms with E-state index in [0.717, 1.165) is 35.0 Å². The van der Waals surface area contributed by atoms with Gasteiger partial charge >= 0.3 is 0 Å². The van der Waals surface area contributed by atoms with Gasteiger partial charge in [0, 0.05) is 40.1 Å². The van der Waals surface area contributed by atoms with Gasteiger partial charge in [0.05, 0.1) is 0 Å². The third kappa shape index (κ3) is 5.01. The second-order valence-corrected chi connectivity index (χ2v) is 8.89. The predicted molar refractivity (Wildman–Crippen MR) is 135 cm³/mol. The van der Waals surface area contributed by atoms with E-state index in [4.69, 9.17) is 0 Å². The molecular weight excluding hydrogens is 424 g/mol. The van der Waals surface area contributed by atoms with Gasteiger partial charge in [0.2, 0.25) is 0 Å². The number of amides is 2. The van der Waals surface area contributed by atoms with E-state index in [9.17, 15) is 9.59 Å². The van der Waals surface area contributed by atoms with Gasteiger partial charge in [-0.2, -0.15) is 0 Å². The maximum absolute atomic E-state index is 12.8. The molecule has 1 fully saturated rings. The summed E-state index contributed by atoms with van der Waals surface area (Å²) in [5, 5.41) is 7.08. The van der Waals surface area contributed by atoms with Crippen LogP contribution in [-0.4, -0.2) is 27.8 Å². The van der Waals surface area contributed by atoms with Gasteiger partial charge in [-0.15, -0.1) is 0 Å². The lowest BCUT2D eigenvalue weighted by Crippen LogP contribution is -2.34. The van der Waals surface area contributed by atoms with Crippen LogP contribution in [0.3, 0.4) is 0 Å². The molecule has 2 aromatic heterocycles. The molecule has 0 unspecified atom stereocenters. The Labute approximate surface area is 198 Å². The Morgan fingerprint density at radius 1 is 0.853 bits per heavy atom. The van der Waals surface area contributed by atoms with Crippen molar-refractivity contribution in [1.29, 1.82) is 0 Å².